The van der Waals surface area contributed by atoms with Crippen LogP contribution in [-0.2, 0) is 17.5 Å². The average molecular weight is 266 g/mol. The van der Waals surface area contributed by atoms with E-state index in [1.54, 1.807) is 0 Å². The van der Waals surface area contributed by atoms with Gasteiger partial charge in [-0.15, -0.1) is 0 Å². The van der Waals surface area contributed by atoms with Gasteiger partial charge in [-0.1, -0.05) is 45.0 Å². The summed E-state index contributed by atoms with van der Waals surface area (Å²) in [5.74, 6) is 0. The smallest absolute Gasteiger partial charge is 0.192 e. The predicted octanol–water partition coefficient (Wildman–Crippen LogP) is 3.74. The Balaban J connectivity index is 2.59. The standard InChI is InChI=1S/C15H26O2Si/c1-15(2,3)18(4,5)17-12-14-8-6-13(7-9-14)10-11-16/h6-9,16H,10-12H2,1-5H3. The van der Waals surface area contributed by atoms with Crippen molar-refractivity contribution in [1.29, 1.82) is 0 Å². The lowest BCUT2D eigenvalue weighted by Gasteiger charge is -2.36. The highest BCUT2D eigenvalue weighted by molar-refractivity contribution is 6.74. The van der Waals surface area contributed by atoms with Gasteiger partial charge in [-0.05, 0) is 35.7 Å². The third-order valence-corrected chi connectivity index (χ3v) is 8.31. The number of aliphatic hydroxyl groups excluding tert-OH is 1. The molecule has 0 heterocycles. The van der Waals surface area contributed by atoms with Gasteiger partial charge in [0.05, 0.1) is 6.61 Å². The highest BCUT2D eigenvalue weighted by Gasteiger charge is 2.36. The molecule has 1 rings (SSSR count). The van der Waals surface area contributed by atoms with E-state index in [4.69, 9.17) is 9.53 Å². The number of hydrogen-bond acceptors (Lipinski definition) is 2. The lowest BCUT2D eigenvalue weighted by atomic mass is 10.1. The van der Waals surface area contributed by atoms with Crippen molar-refractivity contribution >= 4 is 8.32 Å². The monoisotopic (exact) mass is 266 g/mol. The molecule has 0 radical (unpaired) electrons. The normalized spacial score (nSPS) is 12.8. The topological polar surface area (TPSA) is 29.5 Å². The molecule has 0 amide bonds. The van der Waals surface area contributed by atoms with Crippen LogP contribution in [0.1, 0.15) is 31.9 Å². The molecular weight excluding hydrogens is 240 g/mol. The van der Waals surface area contributed by atoms with Crippen LogP contribution in [0.4, 0.5) is 0 Å². The molecule has 0 fully saturated rings. The Bertz CT molecular complexity index is 363. The van der Waals surface area contributed by atoms with Gasteiger partial charge in [-0.2, -0.15) is 0 Å². The number of aliphatic hydroxyl groups is 1. The molecular formula is C15H26O2Si. The van der Waals surface area contributed by atoms with Gasteiger partial charge < -0.3 is 9.53 Å². The van der Waals surface area contributed by atoms with E-state index in [0.717, 1.165) is 6.42 Å². The predicted molar refractivity (Wildman–Crippen MR) is 79.2 cm³/mol. The molecule has 1 aromatic rings. The summed E-state index contributed by atoms with van der Waals surface area (Å²) in [6, 6.07) is 8.33. The molecule has 1 aromatic carbocycles. The minimum Gasteiger partial charge on any atom is -0.413 e. The van der Waals surface area contributed by atoms with Crippen molar-refractivity contribution in [3.63, 3.8) is 0 Å². The van der Waals surface area contributed by atoms with E-state index in [2.05, 4.69) is 58.1 Å². The fourth-order valence-electron chi connectivity index (χ4n) is 1.41. The minimum atomic E-state index is -1.66. The summed E-state index contributed by atoms with van der Waals surface area (Å²) >= 11 is 0. The van der Waals surface area contributed by atoms with E-state index in [-0.39, 0.29) is 11.6 Å². The molecule has 0 unspecified atom stereocenters. The zero-order chi connectivity index (χ0) is 13.8. The van der Waals surface area contributed by atoms with E-state index in [9.17, 15) is 0 Å². The molecule has 0 atom stereocenters. The lowest BCUT2D eigenvalue weighted by molar-refractivity contribution is 0.276. The average Bonchev–Trinajstić information content (AvgIpc) is 2.27. The van der Waals surface area contributed by atoms with Gasteiger partial charge in [0.25, 0.3) is 0 Å². The summed E-state index contributed by atoms with van der Waals surface area (Å²) in [5, 5.41) is 9.12. The maximum atomic E-state index is 8.87. The molecule has 3 heteroatoms. The van der Waals surface area contributed by atoms with Crippen LogP contribution in [0.2, 0.25) is 18.1 Å². The quantitative estimate of drug-likeness (QED) is 0.823. The zero-order valence-corrected chi connectivity index (χ0v) is 13.3. The molecule has 0 saturated carbocycles. The van der Waals surface area contributed by atoms with Crippen LogP contribution in [0, 0.1) is 0 Å². The van der Waals surface area contributed by atoms with Crippen molar-refractivity contribution in [2.45, 2.75) is 51.9 Å². The Morgan fingerprint density at radius 1 is 1.06 bits per heavy atom. The van der Waals surface area contributed by atoms with Crippen LogP contribution < -0.4 is 0 Å². The SMILES string of the molecule is CC(C)(C)[Si](C)(C)OCc1ccc(CCO)cc1. The fourth-order valence-corrected chi connectivity index (χ4v) is 2.37. The molecule has 1 N–H and O–H groups in total. The summed E-state index contributed by atoms with van der Waals surface area (Å²) in [6.07, 6.45) is 0.726. The fraction of sp³-hybridized carbons (Fsp3) is 0.600. The Hall–Kier alpha value is -0.643. The number of hydrogen-bond donors (Lipinski definition) is 1. The van der Waals surface area contributed by atoms with Crippen molar-refractivity contribution in [3.05, 3.63) is 35.4 Å². The second-order valence-electron chi connectivity index (χ2n) is 6.34. The van der Waals surface area contributed by atoms with Gasteiger partial charge in [0.2, 0.25) is 0 Å². The first-order valence-corrected chi connectivity index (χ1v) is 9.50. The molecule has 0 aliphatic heterocycles. The van der Waals surface area contributed by atoms with Crippen LogP contribution >= 0.6 is 0 Å². The van der Waals surface area contributed by atoms with E-state index in [1.165, 1.54) is 11.1 Å². The van der Waals surface area contributed by atoms with Crippen LogP contribution in [-0.4, -0.2) is 20.0 Å². The van der Waals surface area contributed by atoms with Crippen molar-refractivity contribution in [3.8, 4) is 0 Å². The van der Waals surface area contributed by atoms with E-state index in [1.807, 2.05) is 0 Å². The van der Waals surface area contributed by atoms with Crippen molar-refractivity contribution < 1.29 is 9.53 Å². The Kier molecular flexibility index (Phi) is 5.14. The molecule has 0 aliphatic rings. The zero-order valence-electron chi connectivity index (χ0n) is 12.3. The third kappa shape index (κ3) is 4.23. The third-order valence-electron chi connectivity index (χ3n) is 3.83. The van der Waals surface area contributed by atoms with Gasteiger partial charge in [0.15, 0.2) is 8.32 Å². The van der Waals surface area contributed by atoms with Gasteiger partial charge in [0, 0.05) is 6.61 Å². The lowest BCUT2D eigenvalue weighted by Crippen LogP contribution is -2.40. The van der Waals surface area contributed by atoms with E-state index < -0.39 is 8.32 Å². The number of benzene rings is 1. The summed E-state index contributed by atoms with van der Waals surface area (Å²) in [4.78, 5) is 0. The summed E-state index contributed by atoms with van der Waals surface area (Å²) in [6.45, 7) is 12.2. The molecule has 0 aliphatic carbocycles. The summed E-state index contributed by atoms with van der Waals surface area (Å²) in [5.41, 5.74) is 2.38. The van der Waals surface area contributed by atoms with Crippen LogP contribution in [0.25, 0.3) is 0 Å². The second-order valence-corrected chi connectivity index (χ2v) is 11.1. The maximum absolute atomic E-state index is 8.87. The molecule has 18 heavy (non-hydrogen) atoms. The second kappa shape index (κ2) is 6.00. The van der Waals surface area contributed by atoms with Crippen LogP contribution in [0.15, 0.2) is 24.3 Å². The molecule has 102 valence electrons. The molecule has 0 saturated heterocycles. The van der Waals surface area contributed by atoms with Gasteiger partial charge in [-0.3, -0.25) is 0 Å². The molecule has 2 nitrogen and oxygen atoms in total. The first kappa shape index (κ1) is 15.4. The summed E-state index contributed by atoms with van der Waals surface area (Å²) in [7, 11) is -1.66. The first-order chi connectivity index (χ1) is 8.26. The molecule has 0 aromatic heterocycles. The highest BCUT2D eigenvalue weighted by atomic mass is 28.4. The van der Waals surface area contributed by atoms with E-state index in [0.29, 0.717) is 6.61 Å². The number of rotatable bonds is 5. The highest BCUT2D eigenvalue weighted by Crippen LogP contribution is 2.37. The Morgan fingerprint density at radius 2 is 1.56 bits per heavy atom. The van der Waals surface area contributed by atoms with Gasteiger partial charge in [0.1, 0.15) is 0 Å². The molecule has 0 spiro atoms. The van der Waals surface area contributed by atoms with Crippen LogP contribution in [0.3, 0.4) is 0 Å². The Morgan fingerprint density at radius 3 is 2.00 bits per heavy atom. The van der Waals surface area contributed by atoms with Crippen molar-refractivity contribution in [2.75, 3.05) is 6.61 Å². The van der Waals surface area contributed by atoms with Gasteiger partial charge >= 0.3 is 0 Å². The maximum Gasteiger partial charge on any atom is 0.192 e. The minimum absolute atomic E-state index is 0.208. The first-order valence-electron chi connectivity index (χ1n) is 6.59. The largest absolute Gasteiger partial charge is 0.413 e. The van der Waals surface area contributed by atoms with Gasteiger partial charge in [-0.25, -0.2) is 0 Å². The molecule has 0 bridgehead atoms. The van der Waals surface area contributed by atoms with Crippen molar-refractivity contribution in [2.24, 2.45) is 0 Å². The van der Waals surface area contributed by atoms with E-state index >= 15 is 0 Å². The Labute approximate surface area is 112 Å². The van der Waals surface area contributed by atoms with Crippen LogP contribution in [0.5, 0.6) is 0 Å². The summed E-state index contributed by atoms with van der Waals surface area (Å²) < 4.78 is 6.17. The van der Waals surface area contributed by atoms with Crippen molar-refractivity contribution in [1.82, 2.24) is 0 Å².